The molecular weight excluding hydrogens is 680 g/mol. The van der Waals surface area contributed by atoms with Gasteiger partial charge in [0.15, 0.2) is 5.78 Å². The zero-order chi connectivity index (χ0) is 38.9. The standard InChI is InChI=1S/C46H52O8/c1-23-20-45(53,38(49)24(2)39(50)51)28-16-14-26-19-27-21-44(52)29(15-13-25-11-9-8-10-12-25)36-40(3,4)31(48)17-18-41(36,5)34-30(47)22-42(6)33(23)35(32(26)28)46(27,54)43(42,7)37(34)44/h8-13,15-16,21,23,29,33,35-36,49,52-54H,14,17-20,22H2,1-7H3,(H,50,51)/b15-13+,38-24-/t23-,29-,33+,35+,36-,41-,42-,43+,44-,45-,46+/m1/s1. The van der Waals surface area contributed by atoms with Gasteiger partial charge >= 0.3 is 5.97 Å². The topological polar surface area (TPSA) is 152 Å². The van der Waals surface area contributed by atoms with Crippen molar-refractivity contribution in [1.29, 1.82) is 0 Å². The molecule has 3 fully saturated rings. The minimum absolute atomic E-state index is 0.00305. The highest BCUT2D eigenvalue weighted by Crippen LogP contribution is 2.83. The number of ketones is 2. The number of hydrogen-bond donors (Lipinski definition) is 5. The Morgan fingerprint density at radius 1 is 0.981 bits per heavy atom. The lowest BCUT2D eigenvalue weighted by molar-refractivity contribution is -0.164. The Bertz CT molecular complexity index is 2180. The van der Waals surface area contributed by atoms with Gasteiger partial charge in [0.2, 0.25) is 0 Å². The lowest BCUT2D eigenvalue weighted by atomic mass is 9.35. The normalized spacial score (nSPS) is 45.8. The zero-order valence-corrected chi connectivity index (χ0v) is 32.3. The average molecular weight is 733 g/mol. The van der Waals surface area contributed by atoms with E-state index < -0.39 is 73.9 Å². The van der Waals surface area contributed by atoms with Crippen LogP contribution in [0, 0.1) is 51.2 Å². The van der Waals surface area contributed by atoms with Gasteiger partial charge < -0.3 is 25.5 Å². The van der Waals surface area contributed by atoms with Gasteiger partial charge in [-0.2, -0.15) is 0 Å². The van der Waals surface area contributed by atoms with Crippen molar-refractivity contribution in [2.24, 2.45) is 51.2 Å². The maximum atomic E-state index is 15.3. The van der Waals surface area contributed by atoms with Crippen LogP contribution in [0.3, 0.4) is 0 Å². The number of allylic oxidation sites excluding steroid dienone is 3. The Kier molecular flexibility index (Phi) is 6.97. The van der Waals surface area contributed by atoms with Crippen LogP contribution in [0.4, 0.5) is 0 Å². The van der Waals surface area contributed by atoms with Crippen molar-refractivity contribution in [3.63, 3.8) is 0 Å². The fourth-order valence-electron chi connectivity index (χ4n) is 14.6. The predicted molar refractivity (Wildman–Crippen MR) is 202 cm³/mol. The molecule has 1 aromatic carbocycles. The Balaban J connectivity index is 1.37. The van der Waals surface area contributed by atoms with Crippen LogP contribution in [0.1, 0.15) is 92.6 Å². The molecule has 0 spiro atoms. The summed E-state index contributed by atoms with van der Waals surface area (Å²) in [5.41, 5.74) is -4.33. The molecule has 0 aromatic heterocycles. The molecule has 0 aliphatic heterocycles. The van der Waals surface area contributed by atoms with E-state index in [1.54, 1.807) is 0 Å². The average Bonchev–Trinajstić information content (AvgIpc) is 3.56. The van der Waals surface area contributed by atoms with Crippen LogP contribution in [-0.4, -0.2) is 59.9 Å². The van der Waals surface area contributed by atoms with Gasteiger partial charge in [0.1, 0.15) is 28.3 Å². The molecule has 3 saturated carbocycles. The van der Waals surface area contributed by atoms with Gasteiger partial charge in [-0.3, -0.25) is 9.59 Å². The number of Topliss-reactive ketones (excluding diaryl/α,β-unsaturated/α-hetero) is 2. The monoisotopic (exact) mass is 732 g/mol. The van der Waals surface area contributed by atoms with Gasteiger partial charge in [0.05, 0.1) is 5.57 Å². The molecule has 8 heteroatoms. The highest BCUT2D eigenvalue weighted by atomic mass is 16.4. The molecule has 284 valence electrons. The number of carbonyl (C=O) groups excluding carboxylic acids is 2. The fraction of sp³-hybridized carbons (Fsp3) is 0.543. The second kappa shape index (κ2) is 10.5. The van der Waals surface area contributed by atoms with Crippen molar-refractivity contribution in [2.75, 3.05) is 0 Å². The Morgan fingerprint density at radius 2 is 1.67 bits per heavy atom. The molecule has 8 aliphatic rings. The molecule has 0 radical (unpaired) electrons. The van der Waals surface area contributed by atoms with E-state index in [2.05, 4.69) is 26.8 Å². The summed E-state index contributed by atoms with van der Waals surface area (Å²) in [6.07, 6.45) is 9.45. The van der Waals surface area contributed by atoms with E-state index in [0.29, 0.717) is 48.0 Å². The number of benzene rings is 1. The van der Waals surface area contributed by atoms with Gasteiger partial charge in [-0.05, 0) is 89.7 Å². The molecule has 0 bridgehead atoms. The maximum absolute atomic E-state index is 15.3. The first-order valence-electron chi connectivity index (χ1n) is 19.7. The number of carbonyl (C=O) groups is 3. The lowest BCUT2D eigenvalue weighted by Crippen LogP contribution is -2.71. The van der Waals surface area contributed by atoms with Crippen LogP contribution in [-0.2, 0) is 14.4 Å². The van der Waals surface area contributed by atoms with E-state index in [-0.39, 0.29) is 35.9 Å². The van der Waals surface area contributed by atoms with Crippen LogP contribution in [0.5, 0.6) is 0 Å². The molecule has 1 aromatic rings. The first-order valence-corrected chi connectivity index (χ1v) is 19.7. The molecule has 11 atom stereocenters. The SMILES string of the molecule is C/C(C(=O)O)=C(/O)[C@@]1(O)C[C@@H](C)[C@H]2[C@@H]3C4=C(CC=C41)CC1=C[C@]4(O)C5=C(C(=O)C[C@@]2(C)[C@@]5(C)[C@]13O)[C@@]1(C)CCC(=O)C(C)(C)[C@H]1[C@H]4/C=C/c1ccccc1. The number of aliphatic carboxylic acids is 1. The molecule has 8 nitrogen and oxygen atoms in total. The van der Waals surface area contributed by atoms with E-state index >= 15 is 4.79 Å². The third-order valence-electron chi connectivity index (χ3n) is 16.8. The third kappa shape index (κ3) is 3.74. The summed E-state index contributed by atoms with van der Waals surface area (Å²) in [6.45, 7) is 13.5. The van der Waals surface area contributed by atoms with Crippen LogP contribution >= 0.6 is 0 Å². The van der Waals surface area contributed by atoms with Gasteiger partial charge in [-0.15, -0.1) is 0 Å². The number of carboxylic acid groups (broad SMARTS) is 1. The Morgan fingerprint density at radius 3 is 2.33 bits per heavy atom. The van der Waals surface area contributed by atoms with Crippen molar-refractivity contribution in [2.45, 2.75) is 104 Å². The summed E-state index contributed by atoms with van der Waals surface area (Å²) in [5, 5.41) is 61.9. The van der Waals surface area contributed by atoms with E-state index in [1.165, 1.54) is 6.92 Å². The molecule has 0 heterocycles. The van der Waals surface area contributed by atoms with Crippen molar-refractivity contribution in [3.8, 4) is 0 Å². The van der Waals surface area contributed by atoms with E-state index in [1.807, 2.05) is 69.3 Å². The fourth-order valence-corrected chi connectivity index (χ4v) is 14.6. The minimum atomic E-state index is -1.99. The summed E-state index contributed by atoms with van der Waals surface area (Å²) >= 11 is 0. The maximum Gasteiger partial charge on any atom is 0.334 e. The smallest absolute Gasteiger partial charge is 0.334 e. The highest BCUT2D eigenvalue weighted by molar-refractivity contribution is 6.02. The van der Waals surface area contributed by atoms with Crippen LogP contribution in [0.15, 0.2) is 93.3 Å². The van der Waals surface area contributed by atoms with Gasteiger partial charge in [-0.1, -0.05) is 95.7 Å². The molecule has 0 unspecified atom stereocenters. The van der Waals surface area contributed by atoms with Gasteiger partial charge in [0.25, 0.3) is 0 Å². The highest BCUT2D eigenvalue weighted by Gasteiger charge is 2.84. The third-order valence-corrected chi connectivity index (χ3v) is 16.8. The molecule has 9 rings (SSSR count). The largest absolute Gasteiger partial charge is 0.508 e. The number of aliphatic hydroxyl groups excluding tert-OH is 1. The number of carboxylic acids is 1. The molecule has 8 aliphatic carbocycles. The number of fused-ring (bicyclic) bond motifs is 3. The van der Waals surface area contributed by atoms with Crippen molar-refractivity contribution in [1.82, 2.24) is 0 Å². The summed E-state index contributed by atoms with van der Waals surface area (Å²) in [5.74, 6) is -4.26. The van der Waals surface area contributed by atoms with Crippen LogP contribution < -0.4 is 0 Å². The molecule has 0 saturated heterocycles. The molecule has 5 N–H and O–H groups in total. The molecule has 54 heavy (non-hydrogen) atoms. The predicted octanol–water partition coefficient (Wildman–Crippen LogP) is 6.99. The molecular formula is C46H52O8. The second-order valence-electron chi connectivity index (χ2n) is 19.3. The second-order valence-corrected chi connectivity index (χ2v) is 19.3. The Labute approximate surface area is 316 Å². The summed E-state index contributed by atoms with van der Waals surface area (Å²) in [7, 11) is 0. The minimum Gasteiger partial charge on any atom is -0.508 e. The summed E-state index contributed by atoms with van der Waals surface area (Å²) in [4.78, 5) is 41.4. The van der Waals surface area contributed by atoms with Crippen molar-refractivity contribution in [3.05, 3.63) is 98.9 Å². The van der Waals surface area contributed by atoms with Gasteiger partial charge in [0, 0.05) is 46.5 Å². The number of hydrogen-bond acceptors (Lipinski definition) is 7. The van der Waals surface area contributed by atoms with E-state index in [0.717, 1.165) is 16.7 Å². The zero-order valence-electron chi connectivity index (χ0n) is 32.3. The Hall–Kier alpha value is -3.85. The van der Waals surface area contributed by atoms with Crippen molar-refractivity contribution < 1.29 is 39.9 Å². The van der Waals surface area contributed by atoms with Crippen molar-refractivity contribution >= 4 is 23.6 Å². The van der Waals surface area contributed by atoms with Crippen LogP contribution in [0.25, 0.3) is 6.08 Å². The van der Waals surface area contributed by atoms with E-state index in [4.69, 9.17) is 0 Å². The number of aliphatic hydroxyl groups is 4. The number of rotatable bonds is 4. The van der Waals surface area contributed by atoms with Crippen LogP contribution in [0.2, 0.25) is 0 Å². The summed E-state index contributed by atoms with van der Waals surface area (Å²) in [6, 6.07) is 9.88. The van der Waals surface area contributed by atoms with Gasteiger partial charge in [-0.25, -0.2) is 4.79 Å². The quantitative estimate of drug-likeness (QED) is 0.126. The lowest BCUT2D eigenvalue weighted by Gasteiger charge is -2.69. The van der Waals surface area contributed by atoms with E-state index in [9.17, 15) is 35.1 Å². The first kappa shape index (κ1) is 35.8. The first-order chi connectivity index (χ1) is 25.2. The summed E-state index contributed by atoms with van der Waals surface area (Å²) < 4.78 is 0. The molecule has 0 amide bonds.